The average Bonchev–Trinajstić information content (AvgIpc) is 3.28. The first-order chi connectivity index (χ1) is 15.6. The molecule has 0 atom stereocenters. The minimum atomic E-state index is -0.431. The summed E-state index contributed by atoms with van der Waals surface area (Å²) in [7, 11) is 1.65. The number of aromatic nitrogens is 3. The van der Waals surface area contributed by atoms with E-state index in [0.29, 0.717) is 41.2 Å². The number of pyridine rings is 3. The van der Waals surface area contributed by atoms with E-state index < -0.39 is 5.82 Å². The molecule has 1 saturated carbocycles. The molecule has 9 heteroatoms. The van der Waals surface area contributed by atoms with E-state index in [-0.39, 0.29) is 5.56 Å². The van der Waals surface area contributed by atoms with Gasteiger partial charge >= 0.3 is 0 Å². The van der Waals surface area contributed by atoms with Crippen molar-refractivity contribution in [1.29, 1.82) is 0 Å². The van der Waals surface area contributed by atoms with Crippen molar-refractivity contribution in [3.05, 3.63) is 52.5 Å². The third-order valence-corrected chi connectivity index (χ3v) is 7.25. The summed E-state index contributed by atoms with van der Waals surface area (Å²) >= 11 is 1.70. The van der Waals surface area contributed by atoms with Crippen molar-refractivity contribution in [3.8, 4) is 5.75 Å². The van der Waals surface area contributed by atoms with Crippen LogP contribution < -0.4 is 20.9 Å². The fourth-order valence-corrected chi connectivity index (χ4v) is 5.29. The van der Waals surface area contributed by atoms with Gasteiger partial charge in [0.25, 0.3) is 5.56 Å². The molecule has 2 N–H and O–H groups in total. The Morgan fingerprint density at radius 1 is 1.22 bits per heavy atom. The van der Waals surface area contributed by atoms with Crippen molar-refractivity contribution < 1.29 is 9.13 Å². The minimum Gasteiger partial charge on any atom is -0.480 e. The number of hydrogen-bond acceptors (Lipinski definition) is 7. The lowest BCUT2D eigenvalue weighted by molar-refractivity contribution is 0.299. The molecule has 4 heterocycles. The van der Waals surface area contributed by atoms with Gasteiger partial charge in [0, 0.05) is 32.2 Å². The molecule has 168 valence electrons. The zero-order valence-electron chi connectivity index (χ0n) is 17.9. The number of ether oxygens (including phenoxy) is 1. The molecule has 0 spiro atoms. The summed E-state index contributed by atoms with van der Waals surface area (Å²) in [4.78, 5) is 21.8. The Morgan fingerprint density at radius 2 is 2.06 bits per heavy atom. The van der Waals surface area contributed by atoms with Gasteiger partial charge in [-0.15, -0.1) is 0 Å². The Morgan fingerprint density at radius 3 is 2.91 bits per heavy atom. The maximum atomic E-state index is 14.5. The van der Waals surface area contributed by atoms with Gasteiger partial charge in [-0.1, -0.05) is 11.8 Å². The second kappa shape index (κ2) is 9.07. The molecule has 0 bridgehead atoms. The fraction of sp³-hybridized carbons (Fsp3) is 0.435. The molecular formula is C23H26FN5O2S. The molecule has 2 aliphatic rings. The summed E-state index contributed by atoms with van der Waals surface area (Å²) in [5.41, 5.74) is 2.34. The molecule has 5 rings (SSSR count). The van der Waals surface area contributed by atoms with Crippen LogP contribution in [0.2, 0.25) is 0 Å². The van der Waals surface area contributed by atoms with Gasteiger partial charge in [0.1, 0.15) is 5.94 Å². The molecule has 0 saturated heterocycles. The van der Waals surface area contributed by atoms with Crippen LogP contribution in [0, 0.1) is 11.7 Å². The quantitative estimate of drug-likeness (QED) is 0.587. The fourth-order valence-electron chi connectivity index (χ4n) is 4.50. The largest absolute Gasteiger partial charge is 0.480 e. The highest BCUT2D eigenvalue weighted by Gasteiger charge is 2.22. The monoisotopic (exact) mass is 455 g/mol. The molecule has 0 aromatic carbocycles. The molecule has 0 amide bonds. The maximum Gasteiger partial charge on any atom is 0.250 e. The lowest BCUT2D eigenvalue weighted by Crippen LogP contribution is -2.34. The number of thioether (sulfide) groups is 1. The van der Waals surface area contributed by atoms with E-state index in [4.69, 9.17) is 4.74 Å². The minimum absolute atomic E-state index is 0.177. The van der Waals surface area contributed by atoms with Crippen molar-refractivity contribution in [2.75, 3.05) is 17.8 Å². The summed E-state index contributed by atoms with van der Waals surface area (Å²) in [6.07, 6.45) is 7.31. The van der Waals surface area contributed by atoms with E-state index in [9.17, 15) is 9.18 Å². The third-order valence-electron chi connectivity index (χ3n) is 6.39. The molecule has 3 aromatic rings. The highest BCUT2D eigenvalue weighted by molar-refractivity contribution is 7.99. The Balaban J connectivity index is 1.15. The zero-order valence-corrected chi connectivity index (χ0v) is 18.8. The van der Waals surface area contributed by atoms with E-state index >= 15 is 0 Å². The van der Waals surface area contributed by atoms with Crippen LogP contribution in [0.1, 0.15) is 31.4 Å². The first-order valence-electron chi connectivity index (χ1n) is 10.9. The molecule has 1 aliphatic heterocycles. The molecule has 1 fully saturated rings. The Bertz CT molecular complexity index is 1190. The SMILES string of the molecule is Cn1c(=O)ccc2ncc(F)c(NCC3CCC(NCc4cc5c(cn4)OCS5)CC3)c21. The summed E-state index contributed by atoms with van der Waals surface area (Å²) < 4.78 is 21.5. The summed E-state index contributed by atoms with van der Waals surface area (Å²) in [5.74, 6) is 1.58. The van der Waals surface area contributed by atoms with E-state index in [1.807, 2.05) is 6.20 Å². The zero-order chi connectivity index (χ0) is 22.1. The van der Waals surface area contributed by atoms with Crippen molar-refractivity contribution in [2.24, 2.45) is 13.0 Å². The van der Waals surface area contributed by atoms with Crippen molar-refractivity contribution in [1.82, 2.24) is 19.9 Å². The smallest absolute Gasteiger partial charge is 0.250 e. The van der Waals surface area contributed by atoms with Gasteiger partial charge in [0.15, 0.2) is 11.6 Å². The van der Waals surface area contributed by atoms with E-state index in [1.54, 1.807) is 24.9 Å². The summed E-state index contributed by atoms with van der Waals surface area (Å²) in [6, 6.07) is 5.66. The first kappa shape index (κ1) is 21.2. The third kappa shape index (κ3) is 4.31. The average molecular weight is 456 g/mol. The Hall–Kier alpha value is -2.65. The number of nitrogens with zero attached hydrogens (tertiary/aromatic N) is 3. The second-order valence-corrected chi connectivity index (χ2v) is 9.42. The molecule has 0 radical (unpaired) electrons. The van der Waals surface area contributed by atoms with Crippen molar-refractivity contribution in [3.63, 3.8) is 0 Å². The van der Waals surface area contributed by atoms with Crippen LogP contribution in [0.25, 0.3) is 11.0 Å². The molecular weight excluding hydrogens is 429 g/mol. The van der Waals surface area contributed by atoms with Gasteiger partial charge < -0.3 is 19.9 Å². The molecule has 32 heavy (non-hydrogen) atoms. The topological polar surface area (TPSA) is 81.1 Å². The number of nitrogens with one attached hydrogen (secondary N) is 2. The summed E-state index contributed by atoms with van der Waals surface area (Å²) in [6.45, 7) is 1.43. The molecule has 3 aromatic heterocycles. The number of anilines is 1. The van der Waals surface area contributed by atoms with Crippen LogP contribution in [0.3, 0.4) is 0 Å². The van der Waals surface area contributed by atoms with Crippen LogP contribution in [0.4, 0.5) is 10.1 Å². The van der Waals surface area contributed by atoms with E-state index in [0.717, 1.165) is 43.7 Å². The Labute approximate surface area is 189 Å². The van der Waals surface area contributed by atoms with Crippen molar-refractivity contribution >= 4 is 28.5 Å². The standard InChI is InChI=1S/C23H26FN5O2S/c1-29-21(30)7-6-18-23(29)22(17(24)11-27-18)28-9-14-2-4-15(5-3-14)25-10-16-8-20-19(12-26-16)31-13-32-20/h6-8,11-12,14-15,25H,2-5,9-10,13H2,1H3,(H,27,28). The van der Waals surface area contributed by atoms with Crippen molar-refractivity contribution in [2.45, 2.75) is 43.2 Å². The van der Waals surface area contributed by atoms with Gasteiger partial charge in [-0.3, -0.25) is 14.8 Å². The second-order valence-electron chi connectivity index (χ2n) is 8.45. The van der Waals surface area contributed by atoms with Gasteiger partial charge in [-0.25, -0.2) is 4.39 Å². The number of hydrogen-bond donors (Lipinski definition) is 2. The van der Waals surface area contributed by atoms with Gasteiger partial charge in [0.05, 0.1) is 39.7 Å². The predicted molar refractivity (Wildman–Crippen MR) is 124 cm³/mol. The molecule has 0 unspecified atom stereocenters. The highest BCUT2D eigenvalue weighted by Crippen LogP contribution is 2.35. The van der Waals surface area contributed by atoms with E-state index in [2.05, 4.69) is 26.7 Å². The van der Waals surface area contributed by atoms with Crippen LogP contribution in [0.15, 0.2) is 40.3 Å². The number of halogens is 1. The van der Waals surface area contributed by atoms with Gasteiger partial charge in [0.2, 0.25) is 0 Å². The summed E-state index contributed by atoms with van der Waals surface area (Å²) in [5, 5.41) is 6.90. The number of fused-ring (bicyclic) bond motifs is 2. The van der Waals surface area contributed by atoms with Crippen LogP contribution >= 0.6 is 11.8 Å². The molecule has 7 nitrogen and oxygen atoms in total. The van der Waals surface area contributed by atoms with Crippen LogP contribution in [-0.4, -0.2) is 33.1 Å². The maximum absolute atomic E-state index is 14.5. The molecule has 1 aliphatic carbocycles. The lowest BCUT2D eigenvalue weighted by atomic mass is 9.86. The van der Waals surface area contributed by atoms with Crippen LogP contribution in [-0.2, 0) is 13.6 Å². The first-order valence-corrected chi connectivity index (χ1v) is 11.9. The van der Waals surface area contributed by atoms with Crippen LogP contribution in [0.5, 0.6) is 5.75 Å². The van der Waals surface area contributed by atoms with E-state index in [1.165, 1.54) is 21.7 Å². The number of rotatable bonds is 6. The number of aryl methyl sites for hydroxylation is 1. The Kier molecular flexibility index (Phi) is 6.01. The van der Waals surface area contributed by atoms with Gasteiger partial charge in [-0.2, -0.15) is 0 Å². The lowest BCUT2D eigenvalue weighted by Gasteiger charge is -2.29. The van der Waals surface area contributed by atoms with Gasteiger partial charge in [-0.05, 0) is 43.7 Å². The highest BCUT2D eigenvalue weighted by atomic mass is 32.2. The predicted octanol–water partition coefficient (Wildman–Crippen LogP) is 3.67. The normalized spacial score (nSPS) is 20.2.